The number of rotatable bonds is 10. The van der Waals surface area contributed by atoms with E-state index in [2.05, 4.69) is 35.6 Å². The van der Waals surface area contributed by atoms with E-state index in [1.165, 1.54) is 23.3 Å². The predicted octanol–water partition coefficient (Wildman–Crippen LogP) is 4.51. The Hall–Kier alpha value is -2.34. The van der Waals surface area contributed by atoms with Crippen molar-refractivity contribution in [1.82, 2.24) is 9.62 Å². The largest absolute Gasteiger partial charge is 0.508 e. The molecule has 1 aliphatic rings. The summed E-state index contributed by atoms with van der Waals surface area (Å²) in [6.45, 7) is 13.0. The van der Waals surface area contributed by atoms with E-state index < -0.39 is 0 Å². The number of nitrogens with one attached hydrogen (secondary N) is 1. The molecule has 1 amide bonds. The molecule has 9 nitrogen and oxygen atoms in total. The average Bonchev–Trinajstić information content (AvgIpc) is 3.56. The minimum Gasteiger partial charge on any atom is -0.508 e. The lowest BCUT2D eigenvalue weighted by Gasteiger charge is -2.23. The van der Waals surface area contributed by atoms with Crippen molar-refractivity contribution in [3.8, 4) is 11.5 Å². The number of hydrogen-bond donors (Lipinski definition) is 5. The lowest BCUT2D eigenvalue weighted by molar-refractivity contribution is -0.109. The van der Waals surface area contributed by atoms with Gasteiger partial charge in [-0.1, -0.05) is 31.5 Å². The molecule has 0 spiro atoms. The van der Waals surface area contributed by atoms with Crippen LogP contribution in [0.2, 0.25) is 0 Å². The highest BCUT2D eigenvalue weighted by Crippen LogP contribution is 2.25. The number of aryl methyl sites for hydroxylation is 1. The van der Waals surface area contributed by atoms with Crippen LogP contribution in [-0.2, 0) is 9.53 Å². The normalized spacial score (nSPS) is 11.0. The molecule has 3 rings (SSSR count). The van der Waals surface area contributed by atoms with E-state index in [1.54, 1.807) is 38.1 Å². The first-order valence-electron chi connectivity index (χ1n) is 13.4. The molecular formula is C30H54N2O7S. The van der Waals surface area contributed by atoms with E-state index in [9.17, 15) is 4.79 Å². The van der Waals surface area contributed by atoms with E-state index in [-0.39, 0.29) is 6.61 Å². The van der Waals surface area contributed by atoms with Crippen LogP contribution in [0.5, 0.6) is 11.5 Å². The quantitative estimate of drug-likeness (QED) is 0.155. The van der Waals surface area contributed by atoms with Crippen molar-refractivity contribution in [2.75, 3.05) is 60.8 Å². The molecule has 2 aromatic rings. The van der Waals surface area contributed by atoms with Gasteiger partial charge in [0.1, 0.15) is 11.5 Å². The lowest BCUT2D eigenvalue weighted by Crippen LogP contribution is -2.25. The number of aliphatic hydroxyl groups is 3. The third-order valence-electron chi connectivity index (χ3n) is 4.54. The molecule has 5 N–H and O–H groups in total. The predicted molar refractivity (Wildman–Crippen MR) is 166 cm³/mol. The van der Waals surface area contributed by atoms with Gasteiger partial charge < -0.3 is 35.2 Å². The van der Waals surface area contributed by atoms with Gasteiger partial charge in [0, 0.05) is 58.6 Å². The molecule has 0 aromatic heterocycles. The first kappa shape index (κ1) is 42.1. The SMILES string of the molecule is C1CCOC1.CCO.CO.CO.COc1ccc(SN(CCCNC=O)CC(C)C)cc1.Cc1ccc(O)cc1. The minimum absolute atomic E-state index is 0.250. The summed E-state index contributed by atoms with van der Waals surface area (Å²) in [5.74, 6) is 1.82. The summed E-state index contributed by atoms with van der Waals surface area (Å²) < 4.78 is 12.5. The van der Waals surface area contributed by atoms with Crippen LogP contribution in [-0.4, -0.2) is 91.9 Å². The zero-order valence-electron chi connectivity index (χ0n) is 25.5. The number of methoxy groups -OCH3 is 1. The fourth-order valence-corrected chi connectivity index (χ4v) is 3.99. The Balaban J connectivity index is -0.000000555. The van der Waals surface area contributed by atoms with Crippen LogP contribution >= 0.6 is 11.9 Å². The van der Waals surface area contributed by atoms with Gasteiger partial charge in [-0.2, -0.15) is 0 Å². The van der Waals surface area contributed by atoms with Crippen molar-refractivity contribution >= 4 is 18.4 Å². The van der Waals surface area contributed by atoms with E-state index >= 15 is 0 Å². The number of ether oxygens (including phenoxy) is 2. The summed E-state index contributed by atoms with van der Waals surface area (Å²) in [5.41, 5.74) is 1.17. The lowest BCUT2D eigenvalue weighted by atomic mass is 10.2. The first-order chi connectivity index (χ1) is 19.4. The molecule has 1 heterocycles. The Bertz CT molecular complexity index is 731. The summed E-state index contributed by atoms with van der Waals surface area (Å²) in [6, 6.07) is 15.2. The second-order valence-corrected chi connectivity index (χ2v) is 9.62. The van der Waals surface area contributed by atoms with Crippen LogP contribution in [0, 0.1) is 12.8 Å². The number of phenolic OH excluding ortho intramolecular Hbond substituents is 1. The summed E-state index contributed by atoms with van der Waals surface area (Å²) in [4.78, 5) is 11.4. The third-order valence-corrected chi connectivity index (χ3v) is 5.61. The van der Waals surface area contributed by atoms with Gasteiger partial charge in [0.15, 0.2) is 0 Å². The molecule has 0 bridgehead atoms. The molecule has 1 fully saturated rings. The second-order valence-electron chi connectivity index (χ2n) is 8.45. The van der Waals surface area contributed by atoms with Crippen LogP contribution in [0.25, 0.3) is 0 Å². The molecule has 0 atom stereocenters. The van der Waals surface area contributed by atoms with Crippen LogP contribution in [0.3, 0.4) is 0 Å². The third kappa shape index (κ3) is 28.7. The Kier molecular flexibility index (Phi) is 34.6. The summed E-state index contributed by atoms with van der Waals surface area (Å²) >= 11 is 1.76. The number of aromatic hydroxyl groups is 1. The molecule has 1 aliphatic heterocycles. The minimum atomic E-state index is 0.250. The van der Waals surface area contributed by atoms with Crippen LogP contribution in [0.4, 0.5) is 0 Å². The molecule has 0 radical (unpaired) electrons. The number of nitrogens with zero attached hydrogens (tertiary/aromatic N) is 1. The molecule has 0 aliphatic carbocycles. The Morgan fingerprint density at radius 2 is 1.55 bits per heavy atom. The van der Waals surface area contributed by atoms with Crippen molar-refractivity contribution < 1.29 is 34.7 Å². The second kappa shape index (κ2) is 32.9. The van der Waals surface area contributed by atoms with Crippen molar-refractivity contribution in [3.05, 3.63) is 54.1 Å². The van der Waals surface area contributed by atoms with Gasteiger partial charge in [0.25, 0.3) is 0 Å². The first-order valence-corrected chi connectivity index (χ1v) is 14.2. The summed E-state index contributed by atoms with van der Waals surface area (Å²) in [5, 5.41) is 33.0. The summed E-state index contributed by atoms with van der Waals surface area (Å²) in [7, 11) is 3.67. The number of amides is 1. The fourth-order valence-electron chi connectivity index (χ4n) is 2.84. The van der Waals surface area contributed by atoms with Crippen LogP contribution in [0.15, 0.2) is 53.4 Å². The molecule has 232 valence electrons. The topological polar surface area (TPSA) is 132 Å². The molecular weight excluding hydrogens is 532 g/mol. The van der Waals surface area contributed by atoms with Crippen LogP contribution < -0.4 is 10.1 Å². The zero-order chi connectivity index (χ0) is 31.0. The highest BCUT2D eigenvalue weighted by Gasteiger charge is 2.09. The molecule has 40 heavy (non-hydrogen) atoms. The molecule has 0 saturated carbocycles. The van der Waals surface area contributed by atoms with Gasteiger partial charge in [0.05, 0.1) is 7.11 Å². The van der Waals surface area contributed by atoms with E-state index in [0.717, 1.165) is 65.6 Å². The van der Waals surface area contributed by atoms with Gasteiger partial charge in [-0.25, -0.2) is 4.31 Å². The van der Waals surface area contributed by atoms with Gasteiger partial charge in [-0.15, -0.1) is 0 Å². The maximum atomic E-state index is 10.2. The average molecular weight is 587 g/mol. The maximum Gasteiger partial charge on any atom is 0.207 e. The van der Waals surface area contributed by atoms with Gasteiger partial charge in [-0.05, 0) is 87.4 Å². The van der Waals surface area contributed by atoms with Crippen LogP contribution in [0.1, 0.15) is 45.6 Å². The zero-order valence-corrected chi connectivity index (χ0v) is 26.3. The van der Waals surface area contributed by atoms with Gasteiger partial charge in [0.2, 0.25) is 6.41 Å². The standard InChI is InChI=1S/C15H24N2O2S.C7H8O.C4H8O.C2H6O.2CH4O/c1-13(2)11-17(10-4-9-16-12-18)20-15-7-5-14(19-3)6-8-15;1-6-2-4-7(8)5-3-6;1-2-4-5-3-1;1-2-3;2*1-2/h5-8,12-13H,4,9-11H2,1-3H3,(H,16,18);2-5,8H,1H3;1-4H2;3H,2H2,1H3;2*2H,1H3. The molecule has 2 aromatic carbocycles. The Morgan fingerprint density at radius 1 is 1.02 bits per heavy atom. The Labute approximate surface area is 246 Å². The van der Waals surface area contributed by atoms with Gasteiger partial charge in [-0.3, -0.25) is 4.79 Å². The number of benzene rings is 2. The monoisotopic (exact) mass is 586 g/mol. The smallest absolute Gasteiger partial charge is 0.207 e. The number of phenols is 1. The fraction of sp³-hybridized carbons (Fsp3) is 0.567. The van der Waals surface area contributed by atoms with Crippen molar-refractivity contribution in [1.29, 1.82) is 0 Å². The molecule has 10 heteroatoms. The number of carbonyl (C=O) groups excluding carboxylic acids is 1. The van der Waals surface area contributed by atoms with Crippen molar-refractivity contribution in [3.63, 3.8) is 0 Å². The molecule has 1 saturated heterocycles. The summed E-state index contributed by atoms with van der Waals surface area (Å²) in [6.07, 6.45) is 4.26. The van der Waals surface area contributed by atoms with Crippen molar-refractivity contribution in [2.24, 2.45) is 5.92 Å². The highest BCUT2D eigenvalue weighted by atomic mass is 32.2. The van der Waals surface area contributed by atoms with Crippen molar-refractivity contribution in [2.45, 2.75) is 51.9 Å². The highest BCUT2D eigenvalue weighted by molar-refractivity contribution is 7.97. The van der Waals surface area contributed by atoms with Gasteiger partial charge >= 0.3 is 0 Å². The van der Waals surface area contributed by atoms with E-state index in [4.69, 9.17) is 29.9 Å². The Morgan fingerprint density at radius 3 is 1.93 bits per heavy atom. The number of hydrogen-bond acceptors (Lipinski definition) is 9. The number of aliphatic hydroxyl groups excluding tert-OH is 3. The van der Waals surface area contributed by atoms with E-state index in [0.29, 0.717) is 11.7 Å². The number of carbonyl (C=O) groups is 1. The molecule has 0 unspecified atom stereocenters. The maximum absolute atomic E-state index is 10.2. The van der Waals surface area contributed by atoms with E-state index in [1.807, 2.05) is 31.2 Å².